The highest BCUT2D eigenvalue weighted by molar-refractivity contribution is 6.17. The Morgan fingerprint density at radius 3 is 2.62 bits per heavy atom. The first-order chi connectivity index (χ1) is 16.5. The monoisotopic (exact) mass is 507 g/mol. The summed E-state index contributed by atoms with van der Waals surface area (Å²) in [4.78, 5) is 38.1. The summed E-state index contributed by atoms with van der Waals surface area (Å²) in [6.07, 6.45) is 2.11. The fourth-order valence-electron chi connectivity index (χ4n) is 3.29. The number of aliphatic hydroxyl groups is 2. The van der Waals surface area contributed by atoms with E-state index in [0.29, 0.717) is 25.7 Å². The highest BCUT2D eigenvalue weighted by Gasteiger charge is 2.35. The summed E-state index contributed by atoms with van der Waals surface area (Å²) in [6.45, 7) is 1.26. The largest absolute Gasteiger partial charge is 0.444 e. The summed E-state index contributed by atoms with van der Waals surface area (Å²) in [5, 5.41) is 21.5. The predicted molar refractivity (Wildman–Crippen MR) is 122 cm³/mol. The Morgan fingerprint density at radius 1 is 1.18 bits per heavy atom. The number of H-pyrrole nitrogens is 1. The predicted octanol–water partition coefficient (Wildman–Crippen LogP) is 0.236. The van der Waals surface area contributed by atoms with Gasteiger partial charge in [-0.05, 0) is 12.8 Å². The average Bonchev–Trinajstić information content (AvgIpc) is 3.19. The molecule has 1 aromatic rings. The summed E-state index contributed by atoms with van der Waals surface area (Å²) in [5.41, 5.74) is -1.41. The Labute approximate surface area is 202 Å². The van der Waals surface area contributed by atoms with Gasteiger partial charge in [0.25, 0.3) is 5.56 Å². The molecule has 1 fully saturated rings. The molecule has 2 rings (SSSR count). The van der Waals surface area contributed by atoms with E-state index in [1.165, 1.54) is 6.20 Å². The number of aliphatic hydroxyl groups excluding tert-OH is 2. The quantitative estimate of drug-likeness (QED) is 0.181. The van der Waals surface area contributed by atoms with E-state index in [1.807, 2.05) is 0 Å². The van der Waals surface area contributed by atoms with E-state index < -0.39 is 42.4 Å². The van der Waals surface area contributed by atoms with Gasteiger partial charge < -0.3 is 34.5 Å². The molecule has 1 unspecified atom stereocenters. The lowest BCUT2D eigenvalue weighted by Gasteiger charge is -2.15. The molecule has 0 saturated carbocycles. The van der Waals surface area contributed by atoms with Crippen LogP contribution >= 0.6 is 11.6 Å². The third-order valence-electron chi connectivity index (χ3n) is 5.15. The fraction of sp³-hybridized carbons (Fsp3) is 0.762. The molecule has 4 N–H and O–H groups in total. The number of rotatable bonds is 16. The van der Waals surface area contributed by atoms with E-state index in [1.54, 1.807) is 0 Å². The van der Waals surface area contributed by atoms with Crippen molar-refractivity contribution < 1.29 is 34.0 Å². The number of nitrogens with one attached hydrogen (secondary N) is 2. The van der Waals surface area contributed by atoms with Crippen molar-refractivity contribution in [2.24, 2.45) is 0 Å². The first kappa shape index (κ1) is 28.3. The second-order valence-corrected chi connectivity index (χ2v) is 8.14. The number of alkyl halides is 1. The Hall–Kier alpha value is -1.96. The summed E-state index contributed by atoms with van der Waals surface area (Å²) in [5.74, 6) is 0.692. The van der Waals surface area contributed by atoms with Crippen molar-refractivity contribution in [2.75, 3.05) is 45.5 Å². The van der Waals surface area contributed by atoms with Gasteiger partial charge in [-0.2, -0.15) is 0 Å². The van der Waals surface area contributed by atoms with Gasteiger partial charge in [0.1, 0.15) is 18.9 Å². The maximum absolute atomic E-state index is 12.1. The number of alkyl carbamates (subject to hydrolysis) is 1. The number of carbonyl (C=O) groups excluding carboxylic acids is 1. The van der Waals surface area contributed by atoms with Crippen LogP contribution in [0.5, 0.6) is 0 Å². The number of hydrogen-bond acceptors (Lipinski definition) is 9. The van der Waals surface area contributed by atoms with Crippen molar-refractivity contribution in [1.82, 2.24) is 14.9 Å². The van der Waals surface area contributed by atoms with Crippen LogP contribution in [0.25, 0.3) is 0 Å². The molecule has 194 valence electrons. The van der Waals surface area contributed by atoms with Crippen molar-refractivity contribution >= 4 is 17.7 Å². The van der Waals surface area contributed by atoms with Gasteiger partial charge in [-0.15, -0.1) is 11.6 Å². The van der Waals surface area contributed by atoms with E-state index in [2.05, 4.69) is 10.3 Å². The lowest BCUT2D eigenvalue weighted by atomic mass is 10.2. The normalized spacial score (nSPS) is 19.9. The Balaban J connectivity index is 1.63. The molecular formula is C21H34ClN3O9. The molecule has 1 aromatic heterocycles. The molecule has 1 aliphatic rings. The second-order valence-electron chi connectivity index (χ2n) is 7.77. The number of carbonyl (C=O) groups is 1. The van der Waals surface area contributed by atoms with Crippen molar-refractivity contribution in [3.63, 3.8) is 0 Å². The third kappa shape index (κ3) is 9.72. The van der Waals surface area contributed by atoms with Crippen LogP contribution in [0.2, 0.25) is 0 Å². The number of aromatic nitrogens is 2. The number of nitrogens with zero attached hydrogens (tertiary/aromatic N) is 1. The number of aromatic amines is 1. The van der Waals surface area contributed by atoms with Gasteiger partial charge in [0.15, 0.2) is 0 Å². The highest BCUT2D eigenvalue weighted by Crippen LogP contribution is 2.27. The topological polar surface area (TPSA) is 161 Å². The minimum absolute atomic E-state index is 0.0244. The molecule has 12 nitrogen and oxygen atoms in total. The summed E-state index contributed by atoms with van der Waals surface area (Å²) < 4.78 is 22.4. The molecule has 13 heteroatoms. The number of halogens is 1. The molecule has 1 amide bonds. The summed E-state index contributed by atoms with van der Waals surface area (Å²) in [7, 11) is 0. The van der Waals surface area contributed by atoms with E-state index in [0.717, 1.165) is 30.3 Å². The maximum Gasteiger partial charge on any atom is 0.407 e. The SMILES string of the molecule is O=C(NCCOCCOCCCCCCCl)OCc1cn([C@H]2CC(O)[C@@H](CO)O2)c(=O)[nH]c1=O. The lowest BCUT2D eigenvalue weighted by molar-refractivity contribution is -0.0460. The molecule has 0 aliphatic carbocycles. The Kier molecular flexibility index (Phi) is 13.2. The van der Waals surface area contributed by atoms with Crippen molar-refractivity contribution in [2.45, 2.75) is 57.1 Å². The van der Waals surface area contributed by atoms with Gasteiger partial charge in [-0.1, -0.05) is 12.8 Å². The first-order valence-corrected chi connectivity index (χ1v) is 11.9. The minimum Gasteiger partial charge on any atom is -0.444 e. The van der Waals surface area contributed by atoms with Gasteiger partial charge in [0.2, 0.25) is 0 Å². The van der Waals surface area contributed by atoms with Crippen LogP contribution in [-0.4, -0.2) is 83.5 Å². The number of amides is 1. The molecular weight excluding hydrogens is 474 g/mol. The fourth-order valence-corrected chi connectivity index (χ4v) is 3.48. The zero-order valence-corrected chi connectivity index (χ0v) is 19.8. The van der Waals surface area contributed by atoms with Crippen molar-refractivity contribution in [3.8, 4) is 0 Å². The van der Waals surface area contributed by atoms with Gasteiger partial charge in [-0.3, -0.25) is 14.3 Å². The number of ether oxygens (including phenoxy) is 4. The van der Waals surface area contributed by atoms with Crippen molar-refractivity contribution in [3.05, 3.63) is 32.6 Å². The summed E-state index contributed by atoms with van der Waals surface area (Å²) >= 11 is 5.62. The Bertz CT molecular complexity index is 848. The molecule has 0 aromatic carbocycles. The van der Waals surface area contributed by atoms with Crippen LogP contribution in [0.1, 0.15) is 43.9 Å². The van der Waals surface area contributed by atoms with Gasteiger partial charge in [0.05, 0.1) is 38.1 Å². The molecule has 3 atom stereocenters. The van der Waals surface area contributed by atoms with Crippen LogP contribution in [0, 0.1) is 0 Å². The van der Waals surface area contributed by atoms with Crippen LogP contribution in [0.15, 0.2) is 15.8 Å². The average molecular weight is 508 g/mol. The molecule has 0 spiro atoms. The first-order valence-electron chi connectivity index (χ1n) is 11.4. The van der Waals surface area contributed by atoms with E-state index >= 15 is 0 Å². The Morgan fingerprint density at radius 2 is 1.91 bits per heavy atom. The van der Waals surface area contributed by atoms with Gasteiger partial charge >= 0.3 is 11.8 Å². The van der Waals surface area contributed by atoms with Crippen LogP contribution in [0.3, 0.4) is 0 Å². The third-order valence-corrected chi connectivity index (χ3v) is 5.42. The van der Waals surface area contributed by atoms with E-state index in [9.17, 15) is 24.6 Å². The second kappa shape index (κ2) is 15.8. The molecule has 34 heavy (non-hydrogen) atoms. The number of unbranched alkanes of at least 4 members (excludes halogenated alkanes) is 3. The smallest absolute Gasteiger partial charge is 0.407 e. The maximum atomic E-state index is 12.1. The molecule has 0 bridgehead atoms. The van der Waals surface area contributed by atoms with Crippen molar-refractivity contribution in [1.29, 1.82) is 0 Å². The molecule has 2 heterocycles. The van der Waals surface area contributed by atoms with Gasteiger partial charge in [0, 0.05) is 31.6 Å². The van der Waals surface area contributed by atoms with Crippen LogP contribution in [0.4, 0.5) is 4.79 Å². The number of hydrogen-bond donors (Lipinski definition) is 4. The van der Waals surface area contributed by atoms with Crippen LogP contribution in [-0.2, 0) is 25.6 Å². The van der Waals surface area contributed by atoms with E-state index in [4.69, 9.17) is 30.5 Å². The summed E-state index contributed by atoms with van der Waals surface area (Å²) in [6, 6.07) is 0. The van der Waals surface area contributed by atoms with E-state index in [-0.39, 0.29) is 31.7 Å². The highest BCUT2D eigenvalue weighted by atomic mass is 35.5. The minimum atomic E-state index is -0.945. The molecule has 0 radical (unpaired) electrons. The zero-order chi connectivity index (χ0) is 24.8. The zero-order valence-electron chi connectivity index (χ0n) is 19.1. The standard InChI is InChI=1S/C21H34ClN3O9/c22-5-3-1-2-4-7-31-9-10-32-8-6-23-21(30)33-14-15-12-25(20(29)24-19(15)28)18-11-16(27)17(13-26)34-18/h12,16-18,26-27H,1-11,13-14H2,(H,23,30)(H,24,28,29)/t16?,17-,18-/m1/s1. The van der Waals surface area contributed by atoms with Gasteiger partial charge in [-0.25, -0.2) is 9.59 Å². The molecule has 1 aliphatic heterocycles. The molecule has 1 saturated heterocycles. The van der Waals surface area contributed by atoms with Crippen LogP contribution < -0.4 is 16.6 Å². The lowest BCUT2D eigenvalue weighted by Crippen LogP contribution is -2.35.